The van der Waals surface area contributed by atoms with Crippen LogP contribution < -0.4 is 10.6 Å². The van der Waals surface area contributed by atoms with Gasteiger partial charge in [0.1, 0.15) is 0 Å². The van der Waals surface area contributed by atoms with Gasteiger partial charge in [-0.1, -0.05) is 44.5 Å². The molecule has 1 aromatic rings. The zero-order valence-electron chi connectivity index (χ0n) is 13.9. The van der Waals surface area contributed by atoms with Gasteiger partial charge in [-0.3, -0.25) is 9.59 Å². The molecule has 1 atom stereocenters. The number of nitrogens with one attached hydrogen (secondary N) is 2. The van der Waals surface area contributed by atoms with E-state index in [-0.39, 0.29) is 24.4 Å². The normalized spacial score (nSPS) is 18.6. The van der Waals surface area contributed by atoms with Crippen molar-refractivity contribution in [1.29, 1.82) is 0 Å². The summed E-state index contributed by atoms with van der Waals surface area (Å²) in [6.07, 6.45) is 0. The van der Waals surface area contributed by atoms with Crippen molar-refractivity contribution in [3.8, 4) is 0 Å². The van der Waals surface area contributed by atoms with Gasteiger partial charge < -0.3 is 15.5 Å². The van der Waals surface area contributed by atoms with E-state index in [1.54, 1.807) is 0 Å². The summed E-state index contributed by atoms with van der Waals surface area (Å²) in [5.74, 6) is -0.200. The Kier molecular flexibility index (Phi) is 5.65. The van der Waals surface area contributed by atoms with E-state index in [0.29, 0.717) is 18.1 Å². The summed E-state index contributed by atoms with van der Waals surface area (Å²) >= 11 is 6.06. The van der Waals surface area contributed by atoms with Gasteiger partial charge in [-0.05, 0) is 17.7 Å². The Hall–Kier alpha value is -1.59. The maximum atomic E-state index is 12.5. The Morgan fingerprint density at radius 2 is 2.13 bits per heavy atom. The summed E-state index contributed by atoms with van der Waals surface area (Å²) in [6, 6.07) is 7.49. The van der Waals surface area contributed by atoms with Crippen LogP contribution in [0.2, 0.25) is 5.02 Å². The first-order chi connectivity index (χ1) is 10.8. The van der Waals surface area contributed by atoms with Crippen molar-refractivity contribution in [3.63, 3.8) is 0 Å². The quantitative estimate of drug-likeness (QED) is 0.886. The van der Waals surface area contributed by atoms with Gasteiger partial charge in [0, 0.05) is 30.1 Å². The second-order valence-electron chi connectivity index (χ2n) is 6.79. The van der Waals surface area contributed by atoms with Gasteiger partial charge >= 0.3 is 0 Å². The molecule has 1 fully saturated rings. The standard InChI is InChI=1S/C17H24ClN3O2/c1-17(2,3)16(23)20-11-15(22)21-8-7-19-10-14(21)12-5-4-6-13(18)9-12/h4-6,9,14,19H,7-8,10-11H2,1-3H3,(H,20,23). The molecular weight excluding hydrogens is 314 g/mol. The number of hydrogen-bond acceptors (Lipinski definition) is 3. The molecule has 1 heterocycles. The smallest absolute Gasteiger partial charge is 0.242 e. The predicted octanol–water partition coefficient (Wildman–Crippen LogP) is 1.98. The SMILES string of the molecule is CC(C)(C)C(=O)NCC(=O)N1CCNCC1c1cccc(Cl)c1. The number of hydrogen-bond donors (Lipinski definition) is 2. The van der Waals surface area contributed by atoms with E-state index < -0.39 is 5.41 Å². The van der Waals surface area contributed by atoms with E-state index in [1.807, 2.05) is 49.9 Å². The lowest BCUT2D eigenvalue weighted by Gasteiger charge is -2.37. The van der Waals surface area contributed by atoms with Gasteiger partial charge in [-0.15, -0.1) is 0 Å². The van der Waals surface area contributed by atoms with Crippen LogP contribution in [0, 0.1) is 5.41 Å². The maximum absolute atomic E-state index is 12.5. The van der Waals surface area contributed by atoms with Crippen LogP contribution in [0.1, 0.15) is 32.4 Å². The molecule has 1 unspecified atom stereocenters. The Morgan fingerprint density at radius 1 is 1.39 bits per heavy atom. The number of rotatable bonds is 3. The molecule has 0 aromatic heterocycles. The highest BCUT2D eigenvalue weighted by molar-refractivity contribution is 6.30. The topological polar surface area (TPSA) is 61.4 Å². The Morgan fingerprint density at radius 3 is 2.78 bits per heavy atom. The van der Waals surface area contributed by atoms with E-state index in [4.69, 9.17) is 11.6 Å². The number of halogens is 1. The Balaban J connectivity index is 2.06. The molecule has 126 valence electrons. The lowest BCUT2D eigenvalue weighted by Crippen LogP contribution is -2.52. The molecule has 0 bridgehead atoms. The third-order valence-corrected chi connectivity index (χ3v) is 4.11. The van der Waals surface area contributed by atoms with Crippen LogP contribution in [0.5, 0.6) is 0 Å². The second kappa shape index (κ2) is 7.32. The van der Waals surface area contributed by atoms with Gasteiger partial charge in [0.05, 0.1) is 12.6 Å². The highest BCUT2D eigenvalue weighted by Gasteiger charge is 2.29. The lowest BCUT2D eigenvalue weighted by molar-refractivity contribution is -0.137. The van der Waals surface area contributed by atoms with Crippen molar-refractivity contribution in [2.75, 3.05) is 26.2 Å². The van der Waals surface area contributed by atoms with Crippen LogP contribution in [0.3, 0.4) is 0 Å². The van der Waals surface area contributed by atoms with Crippen LogP contribution in [0.4, 0.5) is 0 Å². The van der Waals surface area contributed by atoms with Crippen LogP contribution >= 0.6 is 11.6 Å². The molecule has 2 N–H and O–H groups in total. The summed E-state index contributed by atoms with van der Waals surface area (Å²) in [5.41, 5.74) is 0.496. The first-order valence-electron chi connectivity index (χ1n) is 7.83. The minimum absolute atomic E-state index is 0.0210. The summed E-state index contributed by atoms with van der Waals surface area (Å²) in [7, 11) is 0. The van der Waals surface area contributed by atoms with Gasteiger partial charge in [0.25, 0.3) is 0 Å². The van der Waals surface area contributed by atoms with Crippen molar-refractivity contribution >= 4 is 23.4 Å². The molecule has 0 radical (unpaired) electrons. The first-order valence-corrected chi connectivity index (χ1v) is 8.21. The third-order valence-electron chi connectivity index (χ3n) is 3.88. The average molecular weight is 338 g/mol. The molecule has 1 aromatic carbocycles. The molecule has 1 aliphatic heterocycles. The first kappa shape index (κ1) is 17.8. The molecule has 1 saturated heterocycles. The number of carbonyl (C=O) groups is 2. The molecule has 0 aliphatic carbocycles. The largest absolute Gasteiger partial charge is 0.347 e. The summed E-state index contributed by atoms with van der Waals surface area (Å²) in [6.45, 7) is 7.54. The van der Waals surface area contributed by atoms with E-state index in [9.17, 15) is 9.59 Å². The van der Waals surface area contributed by atoms with Crippen LogP contribution in [-0.2, 0) is 9.59 Å². The maximum Gasteiger partial charge on any atom is 0.242 e. The molecule has 23 heavy (non-hydrogen) atoms. The Labute approximate surface area is 142 Å². The number of amides is 2. The fraction of sp³-hybridized carbons (Fsp3) is 0.529. The Bertz CT molecular complexity index is 583. The highest BCUT2D eigenvalue weighted by Crippen LogP contribution is 2.24. The predicted molar refractivity (Wildman–Crippen MR) is 91.2 cm³/mol. The van der Waals surface area contributed by atoms with E-state index in [0.717, 1.165) is 12.1 Å². The van der Waals surface area contributed by atoms with Crippen molar-refractivity contribution < 1.29 is 9.59 Å². The van der Waals surface area contributed by atoms with Crippen LogP contribution in [0.15, 0.2) is 24.3 Å². The fourth-order valence-electron chi connectivity index (χ4n) is 2.54. The van der Waals surface area contributed by atoms with Crippen molar-refractivity contribution in [2.45, 2.75) is 26.8 Å². The minimum atomic E-state index is -0.504. The summed E-state index contributed by atoms with van der Waals surface area (Å²) in [4.78, 5) is 26.3. The highest BCUT2D eigenvalue weighted by atomic mass is 35.5. The summed E-state index contributed by atoms with van der Waals surface area (Å²) in [5, 5.41) is 6.68. The zero-order chi connectivity index (χ0) is 17.0. The van der Waals surface area contributed by atoms with Gasteiger partial charge in [0.15, 0.2) is 0 Å². The van der Waals surface area contributed by atoms with E-state index in [1.165, 1.54) is 0 Å². The van der Waals surface area contributed by atoms with E-state index in [2.05, 4.69) is 10.6 Å². The molecule has 5 nitrogen and oxygen atoms in total. The fourth-order valence-corrected chi connectivity index (χ4v) is 2.74. The molecular formula is C17H24ClN3O2. The minimum Gasteiger partial charge on any atom is -0.347 e. The zero-order valence-corrected chi connectivity index (χ0v) is 14.6. The van der Waals surface area contributed by atoms with Gasteiger partial charge in [-0.25, -0.2) is 0 Å². The van der Waals surface area contributed by atoms with Crippen molar-refractivity contribution in [3.05, 3.63) is 34.9 Å². The van der Waals surface area contributed by atoms with E-state index >= 15 is 0 Å². The molecule has 2 rings (SSSR count). The lowest BCUT2D eigenvalue weighted by atomic mass is 9.96. The molecule has 0 spiro atoms. The molecule has 2 amide bonds. The molecule has 0 saturated carbocycles. The van der Waals surface area contributed by atoms with Gasteiger partial charge in [-0.2, -0.15) is 0 Å². The van der Waals surface area contributed by atoms with Crippen molar-refractivity contribution in [2.24, 2.45) is 5.41 Å². The van der Waals surface area contributed by atoms with Crippen LogP contribution in [-0.4, -0.2) is 42.9 Å². The van der Waals surface area contributed by atoms with Crippen LogP contribution in [0.25, 0.3) is 0 Å². The summed E-state index contributed by atoms with van der Waals surface area (Å²) < 4.78 is 0. The third kappa shape index (κ3) is 4.69. The molecule has 1 aliphatic rings. The average Bonchev–Trinajstić information content (AvgIpc) is 2.51. The number of carbonyl (C=O) groups excluding carboxylic acids is 2. The van der Waals surface area contributed by atoms with Gasteiger partial charge in [0.2, 0.25) is 11.8 Å². The number of piperazine rings is 1. The second-order valence-corrected chi connectivity index (χ2v) is 7.23. The number of benzene rings is 1. The monoisotopic (exact) mass is 337 g/mol. The van der Waals surface area contributed by atoms with Crippen molar-refractivity contribution in [1.82, 2.24) is 15.5 Å². The molecule has 6 heteroatoms. The number of nitrogens with zero attached hydrogens (tertiary/aromatic N) is 1.